The van der Waals surface area contributed by atoms with Crippen molar-refractivity contribution >= 4 is 5.69 Å². The molecule has 0 radical (unpaired) electrons. The van der Waals surface area contributed by atoms with E-state index in [1.807, 2.05) is 4.90 Å². The van der Waals surface area contributed by atoms with Gasteiger partial charge in [-0.3, -0.25) is 0 Å². The van der Waals surface area contributed by atoms with E-state index in [1.54, 1.807) is 18.5 Å². The highest BCUT2D eigenvalue weighted by Crippen LogP contribution is 2.39. The van der Waals surface area contributed by atoms with Crippen molar-refractivity contribution in [2.24, 2.45) is 0 Å². The SMILES string of the molecule is N#Cc1ccc(N2CCC(c3nncn3C3CC3)CC2)cc1C(F)(F)F. The quantitative estimate of drug-likeness (QED) is 0.832. The molecule has 0 spiro atoms. The maximum atomic E-state index is 13.2. The van der Waals surface area contributed by atoms with Crippen LogP contribution in [0.4, 0.5) is 18.9 Å². The third kappa shape index (κ3) is 3.14. The topological polar surface area (TPSA) is 57.7 Å². The number of hydrogen-bond acceptors (Lipinski definition) is 4. The van der Waals surface area contributed by atoms with Gasteiger partial charge in [-0.2, -0.15) is 18.4 Å². The summed E-state index contributed by atoms with van der Waals surface area (Å²) in [7, 11) is 0. The molecule has 1 saturated carbocycles. The molecule has 8 heteroatoms. The lowest BCUT2D eigenvalue weighted by Gasteiger charge is -2.33. The number of benzene rings is 1. The first-order valence-electron chi connectivity index (χ1n) is 8.73. The van der Waals surface area contributed by atoms with E-state index in [4.69, 9.17) is 5.26 Å². The molecule has 2 heterocycles. The number of aromatic nitrogens is 3. The zero-order valence-electron chi connectivity index (χ0n) is 14.1. The Labute approximate surface area is 149 Å². The molecule has 136 valence electrons. The fourth-order valence-electron chi connectivity index (χ4n) is 3.63. The molecule has 1 aliphatic heterocycles. The van der Waals surface area contributed by atoms with Gasteiger partial charge >= 0.3 is 6.18 Å². The molecule has 26 heavy (non-hydrogen) atoms. The molecule has 1 saturated heterocycles. The third-order valence-electron chi connectivity index (χ3n) is 5.20. The van der Waals surface area contributed by atoms with Crippen molar-refractivity contribution in [3.8, 4) is 6.07 Å². The number of rotatable bonds is 3. The summed E-state index contributed by atoms with van der Waals surface area (Å²) < 4.78 is 41.7. The first-order chi connectivity index (χ1) is 12.5. The van der Waals surface area contributed by atoms with Crippen LogP contribution in [0.15, 0.2) is 24.5 Å². The van der Waals surface area contributed by atoms with Gasteiger partial charge in [0, 0.05) is 30.7 Å². The van der Waals surface area contributed by atoms with Gasteiger partial charge < -0.3 is 9.47 Å². The van der Waals surface area contributed by atoms with Crippen LogP contribution < -0.4 is 4.90 Å². The molecule has 0 N–H and O–H groups in total. The van der Waals surface area contributed by atoms with E-state index in [1.165, 1.54) is 6.07 Å². The Hall–Kier alpha value is -2.56. The number of alkyl halides is 3. The Morgan fingerprint density at radius 1 is 1.12 bits per heavy atom. The number of nitrogens with zero attached hydrogens (tertiary/aromatic N) is 5. The van der Waals surface area contributed by atoms with Gasteiger partial charge in [0.25, 0.3) is 0 Å². The van der Waals surface area contributed by atoms with Crippen LogP contribution in [0.3, 0.4) is 0 Å². The molecule has 2 aromatic rings. The van der Waals surface area contributed by atoms with Gasteiger partial charge in [-0.1, -0.05) is 0 Å². The van der Waals surface area contributed by atoms with Crippen LogP contribution in [0, 0.1) is 11.3 Å². The standard InChI is InChI=1S/C18H18F3N5/c19-18(20,21)16-9-15(2-1-13(16)10-22)25-7-5-12(6-8-25)17-24-23-11-26(17)14-3-4-14/h1-2,9,11-12,14H,3-8H2. The lowest BCUT2D eigenvalue weighted by Crippen LogP contribution is -2.34. The molecule has 2 fully saturated rings. The van der Waals surface area contributed by atoms with Crippen LogP contribution in [0.25, 0.3) is 0 Å². The van der Waals surface area contributed by atoms with Gasteiger partial charge in [0.05, 0.1) is 17.2 Å². The van der Waals surface area contributed by atoms with Gasteiger partial charge in [0.1, 0.15) is 12.2 Å². The maximum Gasteiger partial charge on any atom is 0.417 e. The zero-order valence-corrected chi connectivity index (χ0v) is 14.1. The first kappa shape index (κ1) is 16.9. The van der Waals surface area contributed by atoms with E-state index in [0.29, 0.717) is 24.8 Å². The Balaban J connectivity index is 1.50. The number of anilines is 1. The summed E-state index contributed by atoms with van der Waals surface area (Å²) in [5, 5.41) is 17.2. The van der Waals surface area contributed by atoms with E-state index in [-0.39, 0.29) is 11.5 Å². The van der Waals surface area contributed by atoms with Crippen molar-refractivity contribution in [2.75, 3.05) is 18.0 Å². The molecule has 0 amide bonds. The van der Waals surface area contributed by atoms with E-state index >= 15 is 0 Å². The number of hydrogen-bond donors (Lipinski definition) is 0. The molecule has 1 aliphatic carbocycles. The van der Waals surface area contributed by atoms with Crippen molar-refractivity contribution < 1.29 is 13.2 Å². The van der Waals surface area contributed by atoms with Gasteiger partial charge in [-0.25, -0.2) is 0 Å². The van der Waals surface area contributed by atoms with Crippen LogP contribution in [0.5, 0.6) is 0 Å². The summed E-state index contributed by atoms with van der Waals surface area (Å²) in [5.41, 5.74) is -0.694. The number of nitriles is 1. The highest BCUT2D eigenvalue weighted by Gasteiger charge is 2.35. The monoisotopic (exact) mass is 361 g/mol. The predicted octanol–water partition coefficient (Wildman–Crippen LogP) is 3.89. The van der Waals surface area contributed by atoms with Crippen molar-refractivity contribution in [3.63, 3.8) is 0 Å². The molecule has 4 rings (SSSR count). The second-order valence-corrected chi connectivity index (χ2v) is 6.93. The van der Waals surface area contributed by atoms with E-state index in [9.17, 15) is 13.2 Å². The summed E-state index contributed by atoms with van der Waals surface area (Å²) >= 11 is 0. The van der Waals surface area contributed by atoms with Gasteiger partial charge in [-0.05, 0) is 43.9 Å². The average Bonchev–Trinajstić information content (AvgIpc) is 3.37. The van der Waals surface area contributed by atoms with Crippen LogP contribution in [-0.2, 0) is 6.18 Å². The first-order valence-corrected chi connectivity index (χ1v) is 8.73. The molecule has 5 nitrogen and oxygen atoms in total. The molecule has 1 aromatic heterocycles. The van der Waals surface area contributed by atoms with Crippen molar-refractivity contribution in [1.82, 2.24) is 14.8 Å². The van der Waals surface area contributed by atoms with Crippen LogP contribution >= 0.6 is 0 Å². The smallest absolute Gasteiger partial charge is 0.371 e. The van der Waals surface area contributed by atoms with E-state index in [2.05, 4.69) is 14.8 Å². The Morgan fingerprint density at radius 3 is 2.46 bits per heavy atom. The highest BCUT2D eigenvalue weighted by molar-refractivity contribution is 5.55. The lowest BCUT2D eigenvalue weighted by atomic mass is 9.95. The molecule has 0 unspecified atom stereocenters. The molecular weight excluding hydrogens is 343 g/mol. The second-order valence-electron chi connectivity index (χ2n) is 6.93. The van der Waals surface area contributed by atoms with Crippen LogP contribution in [0.1, 0.15) is 54.6 Å². The van der Waals surface area contributed by atoms with Crippen LogP contribution in [-0.4, -0.2) is 27.9 Å². The van der Waals surface area contributed by atoms with Gasteiger partial charge in [0.2, 0.25) is 0 Å². The third-order valence-corrected chi connectivity index (χ3v) is 5.20. The Morgan fingerprint density at radius 2 is 1.85 bits per heavy atom. The number of piperidine rings is 1. The average molecular weight is 361 g/mol. The fraction of sp³-hybridized carbons (Fsp3) is 0.500. The van der Waals surface area contributed by atoms with Gasteiger partial charge in [0.15, 0.2) is 0 Å². The zero-order chi connectivity index (χ0) is 18.3. The summed E-state index contributed by atoms with van der Waals surface area (Å²) in [6.07, 6.45) is 1.24. The number of halogens is 3. The molecule has 0 bridgehead atoms. The minimum absolute atomic E-state index is 0.287. The van der Waals surface area contributed by atoms with E-state index < -0.39 is 11.7 Å². The molecule has 1 aromatic carbocycles. The lowest BCUT2D eigenvalue weighted by molar-refractivity contribution is -0.137. The molecule has 0 atom stereocenters. The maximum absolute atomic E-state index is 13.2. The summed E-state index contributed by atoms with van der Waals surface area (Å²) in [6, 6.07) is 6.09. The summed E-state index contributed by atoms with van der Waals surface area (Å²) in [5.74, 6) is 1.29. The Bertz CT molecular complexity index is 839. The highest BCUT2D eigenvalue weighted by atomic mass is 19.4. The second kappa shape index (κ2) is 6.31. The summed E-state index contributed by atoms with van der Waals surface area (Å²) in [4.78, 5) is 1.95. The van der Waals surface area contributed by atoms with Gasteiger partial charge in [-0.15, -0.1) is 10.2 Å². The van der Waals surface area contributed by atoms with E-state index in [0.717, 1.165) is 37.6 Å². The van der Waals surface area contributed by atoms with Crippen molar-refractivity contribution in [1.29, 1.82) is 5.26 Å². The largest absolute Gasteiger partial charge is 0.417 e. The molecular formula is C18H18F3N5. The minimum atomic E-state index is -4.53. The predicted molar refractivity (Wildman–Crippen MR) is 88.6 cm³/mol. The molecule has 2 aliphatic rings. The fourth-order valence-corrected chi connectivity index (χ4v) is 3.63. The normalized spacial score (nSPS) is 18.8. The van der Waals surface area contributed by atoms with Crippen LogP contribution in [0.2, 0.25) is 0 Å². The minimum Gasteiger partial charge on any atom is -0.371 e. The Kier molecular flexibility index (Phi) is 4.10. The summed E-state index contributed by atoms with van der Waals surface area (Å²) in [6.45, 7) is 1.32. The van der Waals surface area contributed by atoms with Crippen molar-refractivity contribution in [3.05, 3.63) is 41.5 Å². The van der Waals surface area contributed by atoms with Crippen molar-refractivity contribution in [2.45, 2.75) is 43.8 Å².